The van der Waals surface area contributed by atoms with Gasteiger partial charge in [-0.2, -0.15) is 8.78 Å². The molecule has 1 amide bonds. The Morgan fingerprint density at radius 3 is 2.55 bits per heavy atom. The van der Waals surface area contributed by atoms with Gasteiger partial charge in [0, 0.05) is 23.1 Å². The number of methoxy groups -OCH3 is 1. The Kier molecular flexibility index (Phi) is 5.93. The molecule has 0 radical (unpaired) electrons. The summed E-state index contributed by atoms with van der Waals surface area (Å²) in [5.74, 6) is -0.0253. The van der Waals surface area contributed by atoms with Crippen molar-refractivity contribution in [3.05, 3.63) is 41.5 Å². The normalized spacial score (nSPS) is 13.3. The van der Waals surface area contributed by atoms with Crippen LogP contribution in [0.1, 0.15) is 29.8 Å². The first kappa shape index (κ1) is 20.9. The third-order valence-corrected chi connectivity index (χ3v) is 4.63. The fourth-order valence-electron chi connectivity index (χ4n) is 3.01. The van der Waals surface area contributed by atoms with Gasteiger partial charge in [-0.05, 0) is 35.4 Å². The summed E-state index contributed by atoms with van der Waals surface area (Å²) in [7, 11) is 1.34. The summed E-state index contributed by atoms with van der Waals surface area (Å²) in [6.45, 7) is 1.02. The van der Waals surface area contributed by atoms with Gasteiger partial charge in [-0.15, -0.1) is 0 Å². The Balaban J connectivity index is 2.09. The number of aliphatic hydroxyl groups is 1. The fourth-order valence-corrected chi connectivity index (χ4v) is 3.01. The lowest BCUT2D eigenvalue weighted by Gasteiger charge is -2.25. The maximum Gasteiger partial charge on any atom is 0.387 e. The quantitative estimate of drug-likeness (QED) is 0.699. The van der Waals surface area contributed by atoms with Crippen LogP contribution in [-0.4, -0.2) is 37.9 Å². The number of benzene rings is 2. The molecule has 2 N–H and O–H groups in total. The standard InChI is InChI=1S/C21H23F2NO5/c1-21(2,10-25)11-28-17-14(6-7-16(18(17)27-3)29-20(22)23)12-4-5-15-13(8-12)9-24-19(15)26/h4-8,20,25H,9-11H2,1-3H3,(H,24,26). The molecule has 1 heterocycles. The van der Waals surface area contributed by atoms with E-state index in [9.17, 15) is 18.7 Å². The molecule has 3 rings (SSSR count). The number of nitrogens with one attached hydrogen (secondary N) is 1. The minimum Gasteiger partial charge on any atom is -0.490 e. The van der Waals surface area contributed by atoms with E-state index in [-0.39, 0.29) is 36.4 Å². The molecule has 156 valence electrons. The first-order valence-corrected chi connectivity index (χ1v) is 9.06. The van der Waals surface area contributed by atoms with E-state index in [1.807, 2.05) is 19.9 Å². The molecule has 29 heavy (non-hydrogen) atoms. The number of hydrogen-bond acceptors (Lipinski definition) is 5. The van der Waals surface area contributed by atoms with Crippen LogP contribution in [0.4, 0.5) is 8.78 Å². The van der Waals surface area contributed by atoms with Gasteiger partial charge in [0.05, 0.1) is 20.3 Å². The Hall–Kier alpha value is -2.87. The van der Waals surface area contributed by atoms with E-state index in [1.165, 1.54) is 13.2 Å². The largest absolute Gasteiger partial charge is 0.490 e. The number of alkyl halides is 2. The van der Waals surface area contributed by atoms with E-state index in [2.05, 4.69) is 10.1 Å². The predicted molar refractivity (Wildman–Crippen MR) is 103 cm³/mol. The second-order valence-electron chi connectivity index (χ2n) is 7.52. The number of hydrogen-bond donors (Lipinski definition) is 2. The smallest absolute Gasteiger partial charge is 0.387 e. The topological polar surface area (TPSA) is 77.0 Å². The minimum absolute atomic E-state index is 0.0336. The van der Waals surface area contributed by atoms with Crippen LogP contribution in [0.15, 0.2) is 30.3 Å². The molecule has 8 heteroatoms. The van der Waals surface area contributed by atoms with Crippen molar-refractivity contribution >= 4 is 5.91 Å². The number of rotatable bonds is 8. The van der Waals surface area contributed by atoms with Crippen LogP contribution in [0.2, 0.25) is 0 Å². The van der Waals surface area contributed by atoms with Gasteiger partial charge in [0.15, 0.2) is 11.5 Å². The molecule has 2 aromatic carbocycles. The maximum atomic E-state index is 12.8. The third kappa shape index (κ3) is 4.42. The zero-order valence-electron chi connectivity index (χ0n) is 16.4. The number of halogens is 2. The SMILES string of the molecule is COc1c(OC(F)F)ccc(-c2ccc3c(c2)CNC3=O)c1OCC(C)(C)CO. The number of carbonyl (C=O) groups is 1. The molecule has 0 bridgehead atoms. The van der Waals surface area contributed by atoms with Crippen LogP contribution in [0.3, 0.4) is 0 Å². The second-order valence-corrected chi connectivity index (χ2v) is 7.52. The first-order chi connectivity index (χ1) is 13.8. The summed E-state index contributed by atoms with van der Waals surface area (Å²) in [4.78, 5) is 11.8. The lowest BCUT2D eigenvalue weighted by Crippen LogP contribution is -2.25. The lowest BCUT2D eigenvalue weighted by atomic mass is 9.96. The molecular weight excluding hydrogens is 384 g/mol. The fraction of sp³-hybridized carbons (Fsp3) is 0.381. The number of amides is 1. The highest BCUT2D eigenvalue weighted by Gasteiger charge is 2.25. The molecule has 0 saturated heterocycles. The van der Waals surface area contributed by atoms with Crippen molar-refractivity contribution in [1.29, 1.82) is 0 Å². The van der Waals surface area contributed by atoms with Crippen molar-refractivity contribution in [3.63, 3.8) is 0 Å². The van der Waals surface area contributed by atoms with Crippen LogP contribution >= 0.6 is 0 Å². The highest BCUT2D eigenvalue weighted by atomic mass is 19.3. The van der Waals surface area contributed by atoms with E-state index in [0.29, 0.717) is 17.7 Å². The molecule has 0 aliphatic carbocycles. The zero-order chi connectivity index (χ0) is 21.2. The third-order valence-electron chi connectivity index (χ3n) is 4.63. The summed E-state index contributed by atoms with van der Waals surface area (Å²) in [5, 5.41) is 12.3. The van der Waals surface area contributed by atoms with Crippen molar-refractivity contribution in [1.82, 2.24) is 5.32 Å². The van der Waals surface area contributed by atoms with Crippen molar-refractivity contribution < 1.29 is 32.9 Å². The van der Waals surface area contributed by atoms with E-state index in [0.717, 1.165) is 11.1 Å². The van der Waals surface area contributed by atoms with Crippen LogP contribution in [0.5, 0.6) is 17.2 Å². The summed E-state index contributed by atoms with van der Waals surface area (Å²) in [5.41, 5.74) is 2.21. The Bertz CT molecular complexity index is 914. The molecule has 6 nitrogen and oxygen atoms in total. The lowest BCUT2D eigenvalue weighted by molar-refractivity contribution is -0.0514. The monoisotopic (exact) mass is 407 g/mol. The molecule has 0 spiro atoms. The van der Waals surface area contributed by atoms with Crippen LogP contribution in [0.25, 0.3) is 11.1 Å². The maximum absolute atomic E-state index is 12.8. The molecular formula is C21H23F2NO5. The van der Waals surface area contributed by atoms with Gasteiger partial charge >= 0.3 is 6.61 Å². The highest BCUT2D eigenvalue weighted by Crippen LogP contribution is 2.46. The van der Waals surface area contributed by atoms with E-state index in [1.54, 1.807) is 18.2 Å². The average molecular weight is 407 g/mol. The molecule has 0 fully saturated rings. The summed E-state index contributed by atoms with van der Waals surface area (Å²) in [6.07, 6.45) is 0. The molecule has 2 aromatic rings. The predicted octanol–water partition coefficient (Wildman–Crippen LogP) is 3.60. The van der Waals surface area contributed by atoms with Gasteiger partial charge in [-0.1, -0.05) is 19.9 Å². The van der Waals surface area contributed by atoms with Crippen molar-refractivity contribution in [2.75, 3.05) is 20.3 Å². The van der Waals surface area contributed by atoms with Gasteiger partial charge in [-0.3, -0.25) is 4.79 Å². The van der Waals surface area contributed by atoms with E-state index < -0.39 is 12.0 Å². The van der Waals surface area contributed by atoms with Crippen LogP contribution in [0, 0.1) is 5.41 Å². The van der Waals surface area contributed by atoms with Gasteiger partial charge in [-0.25, -0.2) is 0 Å². The summed E-state index contributed by atoms with van der Waals surface area (Å²) >= 11 is 0. The van der Waals surface area contributed by atoms with Gasteiger partial charge < -0.3 is 24.6 Å². The number of aliphatic hydroxyl groups excluding tert-OH is 1. The minimum atomic E-state index is -3.02. The van der Waals surface area contributed by atoms with Crippen LogP contribution in [-0.2, 0) is 6.54 Å². The van der Waals surface area contributed by atoms with Gasteiger partial charge in [0.25, 0.3) is 5.91 Å². The zero-order valence-corrected chi connectivity index (χ0v) is 16.4. The average Bonchev–Trinajstić information content (AvgIpc) is 3.06. The highest BCUT2D eigenvalue weighted by molar-refractivity contribution is 5.99. The Labute approximate surface area is 167 Å². The second kappa shape index (κ2) is 8.24. The number of fused-ring (bicyclic) bond motifs is 1. The van der Waals surface area contributed by atoms with Crippen molar-refractivity contribution in [2.45, 2.75) is 27.0 Å². The van der Waals surface area contributed by atoms with Gasteiger partial charge in [0.2, 0.25) is 5.75 Å². The van der Waals surface area contributed by atoms with Crippen molar-refractivity contribution in [3.8, 4) is 28.4 Å². The van der Waals surface area contributed by atoms with E-state index >= 15 is 0 Å². The molecule has 0 unspecified atom stereocenters. The summed E-state index contributed by atoms with van der Waals surface area (Å²) < 4.78 is 41.5. The van der Waals surface area contributed by atoms with Gasteiger partial charge in [0.1, 0.15) is 0 Å². The van der Waals surface area contributed by atoms with Crippen molar-refractivity contribution in [2.24, 2.45) is 5.41 Å². The summed E-state index contributed by atoms with van der Waals surface area (Å²) in [6, 6.07) is 8.31. The molecule has 1 aliphatic rings. The Morgan fingerprint density at radius 2 is 1.90 bits per heavy atom. The number of carbonyl (C=O) groups excluding carboxylic acids is 1. The first-order valence-electron chi connectivity index (χ1n) is 9.06. The molecule has 0 atom stereocenters. The molecule has 0 aromatic heterocycles. The van der Waals surface area contributed by atoms with E-state index in [4.69, 9.17) is 9.47 Å². The molecule has 0 saturated carbocycles. The Morgan fingerprint density at radius 1 is 1.17 bits per heavy atom. The molecule has 1 aliphatic heterocycles. The number of ether oxygens (including phenoxy) is 3. The van der Waals surface area contributed by atoms with Crippen LogP contribution < -0.4 is 19.5 Å².